The molecule has 0 saturated heterocycles. The van der Waals surface area contributed by atoms with Crippen LogP contribution < -0.4 is 10.2 Å². The number of ether oxygens (including phenoxy) is 1. The third-order valence-electron chi connectivity index (χ3n) is 3.20. The molecule has 21 heavy (non-hydrogen) atoms. The van der Waals surface area contributed by atoms with Gasteiger partial charge in [0.2, 0.25) is 5.43 Å². The zero-order chi connectivity index (χ0) is 15.0. The van der Waals surface area contributed by atoms with Crippen molar-refractivity contribution in [3.8, 4) is 16.2 Å². The second kappa shape index (κ2) is 5.18. The maximum Gasteiger partial charge on any atom is 0.201 e. The third-order valence-corrected chi connectivity index (χ3v) is 4.42. The minimum Gasteiger partial charge on any atom is -0.497 e. The summed E-state index contributed by atoms with van der Waals surface area (Å²) in [5, 5.41) is 0.492. The summed E-state index contributed by atoms with van der Waals surface area (Å²) in [6, 6.07) is 8.57. The summed E-state index contributed by atoms with van der Waals surface area (Å²) in [6.45, 7) is 1.50. The summed E-state index contributed by atoms with van der Waals surface area (Å²) >= 11 is 1.29. The molecule has 5 heteroatoms. The number of rotatable bonds is 3. The molecule has 0 aliphatic heterocycles. The van der Waals surface area contributed by atoms with Gasteiger partial charge in [-0.3, -0.25) is 9.59 Å². The van der Waals surface area contributed by atoms with Crippen molar-refractivity contribution in [3.63, 3.8) is 0 Å². The topological polar surface area (TPSA) is 56.5 Å². The number of Topliss-reactive ketones (excluding diaryl/α,β-unsaturated/α-hetero) is 1. The normalized spacial score (nSPS) is 10.8. The summed E-state index contributed by atoms with van der Waals surface area (Å²) in [4.78, 5) is 25.2. The van der Waals surface area contributed by atoms with Crippen LogP contribution in [-0.2, 0) is 0 Å². The molecule has 0 aliphatic carbocycles. The van der Waals surface area contributed by atoms with Gasteiger partial charge in [0.05, 0.1) is 22.9 Å². The minimum atomic E-state index is -0.115. The van der Waals surface area contributed by atoms with Gasteiger partial charge < -0.3 is 9.15 Å². The van der Waals surface area contributed by atoms with Crippen LogP contribution in [0.3, 0.4) is 0 Å². The van der Waals surface area contributed by atoms with Gasteiger partial charge >= 0.3 is 0 Å². The fourth-order valence-electron chi connectivity index (χ4n) is 2.08. The van der Waals surface area contributed by atoms with E-state index in [0.717, 1.165) is 4.88 Å². The number of thiophene rings is 1. The number of methoxy groups -OCH3 is 1. The maximum absolute atomic E-state index is 12.5. The molecule has 0 fully saturated rings. The molecule has 3 aromatic rings. The molecule has 0 bridgehead atoms. The second-order valence-electron chi connectivity index (χ2n) is 4.56. The fourth-order valence-corrected chi connectivity index (χ4v) is 2.98. The van der Waals surface area contributed by atoms with Gasteiger partial charge in [-0.1, -0.05) is 0 Å². The molecule has 0 aliphatic rings. The van der Waals surface area contributed by atoms with E-state index in [4.69, 9.17) is 9.15 Å². The van der Waals surface area contributed by atoms with Gasteiger partial charge in [0, 0.05) is 10.9 Å². The van der Waals surface area contributed by atoms with Gasteiger partial charge in [0.25, 0.3) is 0 Å². The number of hydrogen-bond acceptors (Lipinski definition) is 5. The number of benzene rings is 1. The molecule has 2 aromatic heterocycles. The largest absolute Gasteiger partial charge is 0.497 e. The fraction of sp³-hybridized carbons (Fsp3) is 0.125. The maximum atomic E-state index is 12.5. The molecule has 0 unspecified atom stereocenters. The Balaban J connectivity index is 2.17. The van der Waals surface area contributed by atoms with Crippen molar-refractivity contribution in [2.45, 2.75) is 6.92 Å². The predicted molar refractivity (Wildman–Crippen MR) is 82.4 cm³/mol. The number of ketones is 1. The van der Waals surface area contributed by atoms with Crippen LogP contribution >= 0.6 is 11.3 Å². The van der Waals surface area contributed by atoms with Crippen LogP contribution in [0.25, 0.3) is 21.4 Å². The number of fused-ring (bicyclic) bond motifs is 1. The van der Waals surface area contributed by atoms with E-state index in [1.54, 1.807) is 37.4 Å². The molecule has 3 rings (SSSR count). The van der Waals surface area contributed by atoms with Crippen molar-refractivity contribution >= 4 is 28.1 Å². The highest BCUT2D eigenvalue weighted by atomic mass is 32.1. The average Bonchev–Trinajstić information content (AvgIpc) is 2.97. The van der Waals surface area contributed by atoms with Crippen LogP contribution in [0.4, 0.5) is 0 Å². The molecule has 4 nitrogen and oxygen atoms in total. The lowest BCUT2D eigenvalue weighted by Crippen LogP contribution is -2.03. The van der Waals surface area contributed by atoms with Crippen molar-refractivity contribution in [1.82, 2.24) is 0 Å². The lowest BCUT2D eigenvalue weighted by atomic mass is 10.1. The molecule has 0 atom stereocenters. The number of carbonyl (C=O) groups is 1. The zero-order valence-electron chi connectivity index (χ0n) is 11.5. The molecule has 0 saturated carbocycles. The van der Waals surface area contributed by atoms with Gasteiger partial charge in [-0.05, 0) is 31.2 Å². The molecule has 0 spiro atoms. The molecule has 2 heterocycles. The van der Waals surface area contributed by atoms with E-state index < -0.39 is 0 Å². The Hall–Kier alpha value is -2.40. The summed E-state index contributed by atoms with van der Waals surface area (Å²) in [5.41, 5.74) is 0.826. The summed E-state index contributed by atoms with van der Waals surface area (Å²) in [6.07, 6.45) is 1.43. The Bertz CT molecular complexity index is 889. The molecule has 106 valence electrons. The highest BCUT2D eigenvalue weighted by molar-refractivity contribution is 7.17. The van der Waals surface area contributed by atoms with E-state index in [1.807, 2.05) is 0 Å². The van der Waals surface area contributed by atoms with Crippen molar-refractivity contribution in [2.75, 3.05) is 7.11 Å². The average molecular weight is 300 g/mol. The lowest BCUT2D eigenvalue weighted by molar-refractivity contribution is 0.102. The molecule has 0 amide bonds. The van der Waals surface area contributed by atoms with Crippen LogP contribution in [0.15, 0.2) is 45.8 Å². The van der Waals surface area contributed by atoms with Gasteiger partial charge in [-0.2, -0.15) is 0 Å². The van der Waals surface area contributed by atoms with Gasteiger partial charge in [0.1, 0.15) is 17.6 Å². The minimum absolute atomic E-state index is 0.0128. The van der Waals surface area contributed by atoms with E-state index in [9.17, 15) is 9.59 Å². The van der Waals surface area contributed by atoms with E-state index >= 15 is 0 Å². The van der Waals surface area contributed by atoms with E-state index in [1.165, 1.54) is 24.5 Å². The summed E-state index contributed by atoms with van der Waals surface area (Å²) in [5.74, 6) is 0.620. The van der Waals surface area contributed by atoms with E-state index in [-0.39, 0.29) is 11.2 Å². The highest BCUT2D eigenvalue weighted by Crippen LogP contribution is 2.28. The van der Waals surface area contributed by atoms with Crippen molar-refractivity contribution in [1.29, 1.82) is 0 Å². The summed E-state index contributed by atoms with van der Waals surface area (Å²) < 4.78 is 10.6. The Morgan fingerprint density at radius 3 is 2.71 bits per heavy atom. The second-order valence-corrected chi connectivity index (χ2v) is 5.64. The Kier molecular flexibility index (Phi) is 3.35. The van der Waals surface area contributed by atoms with Crippen LogP contribution in [0.1, 0.15) is 16.6 Å². The highest BCUT2D eigenvalue weighted by Gasteiger charge is 2.13. The quantitative estimate of drug-likeness (QED) is 0.692. The summed E-state index contributed by atoms with van der Waals surface area (Å²) in [7, 11) is 1.56. The van der Waals surface area contributed by atoms with E-state index in [2.05, 4.69) is 0 Å². The molecular weight excluding hydrogens is 288 g/mol. The first-order valence-corrected chi connectivity index (χ1v) is 7.12. The number of carbonyl (C=O) groups excluding carboxylic acids is 1. The molecular formula is C16H12O4S. The van der Waals surface area contributed by atoms with Crippen LogP contribution in [0.5, 0.6) is 5.75 Å². The first-order valence-electron chi connectivity index (χ1n) is 6.31. The van der Waals surface area contributed by atoms with Crippen molar-refractivity contribution in [3.05, 3.63) is 51.7 Å². The van der Waals surface area contributed by atoms with Gasteiger partial charge in [-0.25, -0.2) is 0 Å². The predicted octanol–water partition coefficient (Wildman–Crippen LogP) is 3.73. The van der Waals surface area contributed by atoms with Gasteiger partial charge in [-0.15, -0.1) is 11.3 Å². The Morgan fingerprint density at radius 2 is 2.05 bits per heavy atom. The van der Waals surface area contributed by atoms with Gasteiger partial charge in [0.15, 0.2) is 5.78 Å². The van der Waals surface area contributed by atoms with Crippen LogP contribution in [-0.4, -0.2) is 12.9 Å². The first-order chi connectivity index (χ1) is 10.1. The number of hydrogen-bond donors (Lipinski definition) is 0. The smallest absolute Gasteiger partial charge is 0.201 e. The first kappa shape index (κ1) is 13.6. The Labute approximate surface area is 124 Å². The molecule has 0 N–H and O–H groups in total. The SMILES string of the molecule is COc1ccc2c(=O)c(-c3ccc(C(C)=O)s3)coc2c1. The molecule has 0 radical (unpaired) electrons. The standard InChI is InChI=1S/C16H12O4S/c1-9(17)14-5-6-15(21-14)12-8-20-13-7-10(19-2)3-4-11(13)16(12)18/h3-8H,1-2H3. The van der Waals surface area contributed by atoms with Crippen molar-refractivity contribution < 1.29 is 13.9 Å². The zero-order valence-corrected chi connectivity index (χ0v) is 12.3. The third kappa shape index (κ3) is 2.36. The monoisotopic (exact) mass is 300 g/mol. The van der Waals surface area contributed by atoms with Crippen LogP contribution in [0.2, 0.25) is 0 Å². The molecule has 1 aromatic carbocycles. The van der Waals surface area contributed by atoms with E-state index in [0.29, 0.717) is 27.2 Å². The lowest BCUT2D eigenvalue weighted by Gasteiger charge is -2.03. The van der Waals surface area contributed by atoms with Crippen LogP contribution in [0, 0.1) is 0 Å². The van der Waals surface area contributed by atoms with Crippen molar-refractivity contribution in [2.24, 2.45) is 0 Å². The Morgan fingerprint density at radius 1 is 1.24 bits per heavy atom.